The normalized spacial score (nSPS) is 19.9. The van der Waals surface area contributed by atoms with E-state index in [4.69, 9.17) is 0 Å². The second-order valence-electron chi connectivity index (χ2n) is 16.5. The summed E-state index contributed by atoms with van der Waals surface area (Å²) in [6.45, 7) is 16.1. The third-order valence-corrected chi connectivity index (χ3v) is 11.6. The van der Waals surface area contributed by atoms with Crippen molar-refractivity contribution in [1.29, 1.82) is 0 Å². The van der Waals surface area contributed by atoms with E-state index in [-0.39, 0.29) is 47.7 Å². The lowest BCUT2D eigenvalue weighted by molar-refractivity contribution is -0.131. The Morgan fingerprint density at radius 1 is 0.810 bits per heavy atom. The zero-order valence-electron chi connectivity index (χ0n) is 33.0. The zero-order valence-corrected chi connectivity index (χ0v) is 33.0. The minimum Gasteiger partial charge on any atom is -0.363 e. The van der Waals surface area contributed by atoms with Gasteiger partial charge in [-0.15, -0.1) is 0 Å². The Labute approximate surface area is 334 Å². The standard InChI is InChI=1S/C20H24F2N6O2.C20H26N6O2/c1-4-15(29)28-6-5-27(11-19(28,2)3)14-10-24-17-16(26-14)13(9-23-17)18(30)25-12-7-20(21,22)8-12;1-3-16(27)26-9-7-20(2,8-10-26)25-15-12-22-18-17(24-15)14(11-21-18)19(28)23-13-5-4-6-13/h4,9-10,12H,1,5-8,11H2,2-3H3,(H,23,24)(H,25,30);3,11-13H,1,4-10H2,2H3,(H,21,22)(H,23,28)(H,24,25). The summed E-state index contributed by atoms with van der Waals surface area (Å²) in [7, 11) is 0. The SMILES string of the molecule is C=CC(=O)N1CCC(C)(Nc2cnc3[nH]cc(C(=O)NC4CCC4)c3n2)CC1.C=CC(=O)N1CCN(c2cnc3[nH]cc(C(=O)NC4CC(F)(F)C4)c3n2)CC1(C)C. The fourth-order valence-electron chi connectivity index (χ4n) is 7.83. The Bertz CT molecular complexity index is 2230. The first-order valence-electron chi connectivity index (χ1n) is 19.6. The highest BCUT2D eigenvalue weighted by Gasteiger charge is 2.46. The van der Waals surface area contributed by atoms with Crippen molar-refractivity contribution in [1.82, 2.24) is 50.3 Å². The van der Waals surface area contributed by atoms with Gasteiger partial charge in [0.1, 0.15) is 22.7 Å². The monoisotopic (exact) mass is 800 g/mol. The van der Waals surface area contributed by atoms with Crippen molar-refractivity contribution in [3.05, 3.63) is 61.2 Å². The lowest BCUT2D eigenvalue weighted by atomic mass is 9.88. The van der Waals surface area contributed by atoms with Gasteiger partial charge in [0.2, 0.25) is 11.8 Å². The second kappa shape index (κ2) is 15.8. The van der Waals surface area contributed by atoms with E-state index in [1.165, 1.54) is 24.8 Å². The van der Waals surface area contributed by atoms with Crippen LogP contribution in [0.3, 0.4) is 0 Å². The number of aromatic amines is 2. The third kappa shape index (κ3) is 8.50. The fraction of sp³-hybridized carbons (Fsp3) is 0.500. The van der Waals surface area contributed by atoms with Crippen LogP contribution in [0.15, 0.2) is 50.1 Å². The first-order chi connectivity index (χ1) is 27.6. The molecule has 18 heteroatoms. The van der Waals surface area contributed by atoms with E-state index >= 15 is 0 Å². The highest BCUT2D eigenvalue weighted by atomic mass is 19.3. The Morgan fingerprint density at radius 2 is 1.40 bits per heavy atom. The molecule has 4 aromatic rings. The molecule has 58 heavy (non-hydrogen) atoms. The summed E-state index contributed by atoms with van der Waals surface area (Å²) < 4.78 is 26.1. The molecule has 8 rings (SSSR count). The molecule has 4 fully saturated rings. The predicted molar refractivity (Wildman–Crippen MR) is 215 cm³/mol. The summed E-state index contributed by atoms with van der Waals surface area (Å²) in [6.07, 6.45) is 13.3. The maximum absolute atomic E-state index is 13.0. The van der Waals surface area contributed by atoms with Gasteiger partial charge in [0.05, 0.1) is 29.1 Å². The molecule has 16 nitrogen and oxygen atoms in total. The van der Waals surface area contributed by atoms with Crippen molar-refractivity contribution >= 4 is 57.6 Å². The van der Waals surface area contributed by atoms with E-state index in [0.717, 1.165) is 25.7 Å². The number of rotatable bonds is 9. The van der Waals surface area contributed by atoms with Crippen molar-refractivity contribution in [2.75, 3.05) is 42.9 Å². The number of hydrogen-bond acceptors (Lipinski definition) is 10. The molecule has 4 aromatic heterocycles. The second-order valence-corrected chi connectivity index (χ2v) is 16.5. The van der Waals surface area contributed by atoms with Crippen LogP contribution in [-0.4, -0.2) is 125 Å². The number of hydrogen-bond donors (Lipinski definition) is 5. The summed E-state index contributed by atoms with van der Waals surface area (Å²) in [5, 5.41) is 9.14. The lowest BCUT2D eigenvalue weighted by Gasteiger charge is -2.47. The van der Waals surface area contributed by atoms with E-state index in [1.807, 2.05) is 18.7 Å². The molecule has 0 bridgehead atoms. The van der Waals surface area contributed by atoms with Crippen LogP contribution >= 0.6 is 0 Å². The predicted octanol–water partition coefficient (Wildman–Crippen LogP) is 4.32. The molecule has 0 radical (unpaired) electrons. The summed E-state index contributed by atoms with van der Waals surface area (Å²) in [6, 6.07) is -0.265. The summed E-state index contributed by atoms with van der Waals surface area (Å²) in [4.78, 5) is 78.6. The zero-order chi connectivity index (χ0) is 41.4. The quantitative estimate of drug-likeness (QED) is 0.152. The number of alkyl halides is 2. The molecule has 4 amide bonds. The van der Waals surface area contributed by atoms with Crippen LogP contribution in [0.5, 0.6) is 0 Å². The van der Waals surface area contributed by atoms with Gasteiger partial charge in [0.15, 0.2) is 11.3 Å². The Kier molecular flexibility index (Phi) is 11.0. The molecule has 2 aliphatic heterocycles. The van der Waals surface area contributed by atoms with E-state index in [9.17, 15) is 28.0 Å². The van der Waals surface area contributed by atoms with Crippen molar-refractivity contribution in [2.24, 2.45) is 0 Å². The molecule has 4 aliphatic rings. The number of nitrogens with zero attached hydrogens (tertiary/aromatic N) is 7. The van der Waals surface area contributed by atoms with Crippen molar-refractivity contribution in [2.45, 2.75) is 94.8 Å². The number of carbonyl (C=O) groups is 4. The minimum absolute atomic E-state index is 0.0299. The summed E-state index contributed by atoms with van der Waals surface area (Å²) >= 11 is 0. The minimum atomic E-state index is -2.70. The van der Waals surface area contributed by atoms with E-state index in [1.54, 1.807) is 28.4 Å². The topological polar surface area (TPSA) is 197 Å². The van der Waals surface area contributed by atoms with Gasteiger partial charge in [-0.3, -0.25) is 19.2 Å². The number of nitrogens with one attached hydrogen (secondary N) is 5. The van der Waals surface area contributed by atoms with E-state index in [0.29, 0.717) is 72.3 Å². The molecule has 308 valence electrons. The number of H-pyrrole nitrogens is 2. The smallest absolute Gasteiger partial charge is 0.255 e. The third-order valence-electron chi connectivity index (χ3n) is 11.6. The number of likely N-dealkylation sites (tertiary alicyclic amines) is 1. The number of amides is 4. The van der Waals surface area contributed by atoms with Gasteiger partial charge < -0.3 is 40.6 Å². The molecule has 2 aliphatic carbocycles. The molecular weight excluding hydrogens is 751 g/mol. The van der Waals surface area contributed by atoms with Gasteiger partial charge in [-0.25, -0.2) is 28.7 Å². The van der Waals surface area contributed by atoms with E-state index in [2.05, 4.69) is 65.9 Å². The molecule has 2 saturated carbocycles. The molecule has 2 saturated heterocycles. The Balaban J connectivity index is 0.000000177. The Morgan fingerprint density at radius 3 is 1.95 bits per heavy atom. The highest BCUT2D eigenvalue weighted by molar-refractivity contribution is 6.05. The van der Waals surface area contributed by atoms with Crippen molar-refractivity contribution < 1.29 is 28.0 Å². The number of fused-ring (bicyclic) bond motifs is 2. The van der Waals surface area contributed by atoms with Crippen LogP contribution in [0.4, 0.5) is 20.4 Å². The van der Waals surface area contributed by atoms with Crippen LogP contribution < -0.4 is 20.9 Å². The molecular formula is C40H50F2N12O4. The van der Waals surface area contributed by atoms with Gasteiger partial charge in [0.25, 0.3) is 17.7 Å². The van der Waals surface area contributed by atoms with Crippen molar-refractivity contribution in [3.8, 4) is 0 Å². The van der Waals surface area contributed by atoms with Gasteiger partial charge >= 0.3 is 0 Å². The van der Waals surface area contributed by atoms with Gasteiger partial charge in [-0.2, -0.15) is 0 Å². The molecule has 6 heterocycles. The van der Waals surface area contributed by atoms with Crippen LogP contribution in [0.1, 0.15) is 86.4 Å². The largest absolute Gasteiger partial charge is 0.363 e. The van der Waals surface area contributed by atoms with Gasteiger partial charge in [-0.05, 0) is 65.0 Å². The number of anilines is 2. The van der Waals surface area contributed by atoms with Gasteiger partial charge in [0, 0.05) is 75.6 Å². The molecule has 0 atom stereocenters. The summed E-state index contributed by atoms with van der Waals surface area (Å²) in [5.74, 6) is -2.18. The lowest BCUT2D eigenvalue weighted by Crippen LogP contribution is -2.61. The average molecular weight is 801 g/mol. The van der Waals surface area contributed by atoms with Gasteiger partial charge in [-0.1, -0.05) is 13.2 Å². The average Bonchev–Trinajstić information content (AvgIpc) is 3.79. The first kappa shape index (κ1) is 40.3. The van der Waals surface area contributed by atoms with Crippen LogP contribution in [0.25, 0.3) is 22.3 Å². The number of carbonyl (C=O) groups excluding carboxylic acids is 4. The molecule has 0 unspecified atom stereocenters. The molecule has 0 aromatic carbocycles. The number of halogens is 2. The molecule has 5 N–H and O–H groups in total. The maximum Gasteiger partial charge on any atom is 0.255 e. The molecule has 0 spiro atoms. The Hall–Kier alpha value is -5.94. The maximum atomic E-state index is 13.0. The van der Waals surface area contributed by atoms with Crippen LogP contribution in [0.2, 0.25) is 0 Å². The van der Waals surface area contributed by atoms with Crippen LogP contribution in [-0.2, 0) is 9.59 Å². The summed E-state index contributed by atoms with van der Waals surface area (Å²) in [5.41, 5.74) is 2.18. The number of piperazine rings is 1. The first-order valence-corrected chi connectivity index (χ1v) is 19.6. The van der Waals surface area contributed by atoms with E-state index < -0.39 is 23.4 Å². The number of aromatic nitrogens is 6. The van der Waals surface area contributed by atoms with Crippen molar-refractivity contribution in [3.63, 3.8) is 0 Å². The fourth-order valence-corrected chi connectivity index (χ4v) is 7.83. The number of piperidine rings is 1. The van der Waals surface area contributed by atoms with Crippen LogP contribution in [0, 0.1) is 0 Å². The highest BCUT2D eigenvalue weighted by Crippen LogP contribution is 2.37.